The normalized spacial score (nSPS) is 10.6. The molecule has 0 unspecified atom stereocenters. The van der Waals surface area contributed by atoms with E-state index in [1.807, 2.05) is 25.1 Å². The van der Waals surface area contributed by atoms with E-state index in [1.165, 1.54) is 11.3 Å². The van der Waals surface area contributed by atoms with Crippen LogP contribution in [0, 0.1) is 6.92 Å². The first-order valence-electron chi connectivity index (χ1n) is 7.52. The van der Waals surface area contributed by atoms with Crippen molar-refractivity contribution < 1.29 is 14.3 Å². The molecule has 2 aromatic carbocycles. The molecule has 24 heavy (non-hydrogen) atoms. The number of anilines is 1. The number of amides is 1. The van der Waals surface area contributed by atoms with Gasteiger partial charge >= 0.3 is 5.97 Å². The predicted octanol–water partition coefficient (Wildman–Crippen LogP) is 4.03. The Kier molecular flexibility index (Phi) is 4.57. The van der Waals surface area contributed by atoms with E-state index in [4.69, 9.17) is 4.74 Å². The second-order valence-electron chi connectivity index (χ2n) is 5.25. The summed E-state index contributed by atoms with van der Waals surface area (Å²) in [5.41, 5.74) is 2.81. The molecular formula is C18H16N2O3S. The van der Waals surface area contributed by atoms with Crippen LogP contribution in [0.4, 0.5) is 5.13 Å². The number of ether oxygens (including phenoxy) is 1. The van der Waals surface area contributed by atoms with Crippen molar-refractivity contribution in [3.8, 4) is 0 Å². The van der Waals surface area contributed by atoms with Gasteiger partial charge in [-0.2, -0.15) is 0 Å². The lowest BCUT2D eigenvalue weighted by molar-refractivity contribution is 0.0526. The van der Waals surface area contributed by atoms with Gasteiger partial charge in [-0.05, 0) is 44.2 Å². The molecule has 0 saturated carbocycles. The summed E-state index contributed by atoms with van der Waals surface area (Å²) in [6.07, 6.45) is 0. The van der Waals surface area contributed by atoms with Crippen LogP contribution in [0.5, 0.6) is 0 Å². The van der Waals surface area contributed by atoms with E-state index in [0.717, 1.165) is 15.8 Å². The molecule has 0 aliphatic rings. The molecule has 1 aromatic heterocycles. The third-order valence-electron chi connectivity index (χ3n) is 3.40. The van der Waals surface area contributed by atoms with Crippen molar-refractivity contribution in [2.75, 3.05) is 11.9 Å². The number of aromatic nitrogens is 1. The number of hydrogen-bond acceptors (Lipinski definition) is 5. The van der Waals surface area contributed by atoms with Crippen LogP contribution < -0.4 is 5.32 Å². The Morgan fingerprint density at radius 2 is 2.00 bits per heavy atom. The minimum absolute atomic E-state index is 0.205. The Morgan fingerprint density at radius 1 is 1.17 bits per heavy atom. The van der Waals surface area contributed by atoms with Gasteiger partial charge < -0.3 is 4.74 Å². The number of nitrogens with one attached hydrogen (secondary N) is 1. The van der Waals surface area contributed by atoms with Gasteiger partial charge in [-0.1, -0.05) is 29.0 Å². The molecule has 0 radical (unpaired) electrons. The molecule has 1 heterocycles. The molecule has 0 aliphatic heterocycles. The zero-order valence-corrected chi connectivity index (χ0v) is 14.1. The van der Waals surface area contributed by atoms with Crippen LogP contribution in [-0.2, 0) is 4.74 Å². The fraction of sp³-hybridized carbons (Fsp3) is 0.167. The molecule has 3 rings (SSSR count). The SMILES string of the molecule is CCOC(=O)c1ccc2nc(NC(=O)c3cccc(C)c3)sc2c1. The molecular weight excluding hydrogens is 324 g/mol. The summed E-state index contributed by atoms with van der Waals surface area (Å²) in [7, 11) is 0. The second kappa shape index (κ2) is 6.80. The van der Waals surface area contributed by atoms with Gasteiger partial charge in [0.05, 0.1) is 22.4 Å². The van der Waals surface area contributed by atoms with Crippen molar-refractivity contribution in [2.24, 2.45) is 0 Å². The van der Waals surface area contributed by atoms with Gasteiger partial charge in [0, 0.05) is 5.56 Å². The maximum absolute atomic E-state index is 12.3. The van der Waals surface area contributed by atoms with Crippen molar-refractivity contribution in [3.05, 3.63) is 59.2 Å². The molecule has 6 heteroatoms. The number of carbonyl (C=O) groups is 2. The minimum Gasteiger partial charge on any atom is -0.462 e. The van der Waals surface area contributed by atoms with E-state index in [0.29, 0.717) is 22.9 Å². The van der Waals surface area contributed by atoms with Crippen LogP contribution in [0.1, 0.15) is 33.2 Å². The summed E-state index contributed by atoms with van der Waals surface area (Å²) in [5, 5.41) is 3.30. The highest BCUT2D eigenvalue weighted by Crippen LogP contribution is 2.27. The number of hydrogen-bond donors (Lipinski definition) is 1. The molecule has 1 N–H and O–H groups in total. The summed E-state index contributed by atoms with van der Waals surface area (Å²) in [4.78, 5) is 28.4. The van der Waals surface area contributed by atoms with Gasteiger partial charge in [-0.15, -0.1) is 0 Å². The summed E-state index contributed by atoms with van der Waals surface area (Å²) >= 11 is 1.32. The van der Waals surface area contributed by atoms with Crippen molar-refractivity contribution in [1.82, 2.24) is 4.98 Å². The minimum atomic E-state index is -0.363. The standard InChI is InChI=1S/C18H16N2O3S/c1-3-23-17(22)13-7-8-14-15(10-13)24-18(19-14)20-16(21)12-6-4-5-11(2)9-12/h4-10H,3H2,1-2H3,(H,19,20,21). The van der Waals surface area contributed by atoms with Crippen LogP contribution in [0.2, 0.25) is 0 Å². The highest BCUT2D eigenvalue weighted by Gasteiger charge is 2.12. The molecule has 3 aromatic rings. The second-order valence-corrected chi connectivity index (χ2v) is 6.28. The Hall–Kier alpha value is -2.73. The third kappa shape index (κ3) is 3.44. The smallest absolute Gasteiger partial charge is 0.338 e. The zero-order chi connectivity index (χ0) is 17.1. The number of benzene rings is 2. The number of rotatable bonds is 4. The van der Waals surface area contributed by atoms with Gasteiger partial charge in [0.15, 0.2) is 5.13 Å². The lowest BCUT2D eigenvalue weighted by Gasteiger charge is -2.02. The maximum atomic E-state index is 12.3. The first-order chi connectivity index (χ1) is 11.6. The van der Waals surface area contributed by atoms with Gasteiger partial charge in [0.25, 0.3) is 5.91 Å². The summed E-state index contributed by atoms with van der Waals surface area (Å²) in [5.74, 6) is -0.568. The number of esters is 1. The van der Waals surface area contributed by atoms with Gasteiger partial charge in [0.1, 0.15) is 0 Å². The molecule has 122 valence electrons. The van der Waals surface area contributed by atoms with Crippen LogP contribution in [0.25, 0.3) is 10.2 Å². The predicted molar refractivity (Wildman–Crippen MR) is 94.7 cm³/mol. The number of thiazole rings is 1. The fourth-order valence-electron chi connectivity index (χ4n) is 2.28. The first-order valence-corrected chi connectivity index (χ1v) is 8.34. The first kappa shape index (κ1) is 16.1. The lowest BCUT2D eigenvalue weighted by Crippen LogP contribution is -2.11. The summed E-state index contributed by atoms with van der Waals surface area (Å²) in [6.45, 7) is 4.03. The van der Waals surface area contributed by atoms with Crippen LogP contribution in [0.3, 0.4) is 0 Å². The van der Waals surface area contributed by atoms with Crippen molar-refractivity contribution >= 4 is 38.6 Å². The van der Waals surface area contributed by atoms with E-state index < -0.39 is 0 Å². The van der Waals surface area contributed by atoms with E-state index in [1.54, 1.807) is 31.2 Å². The number of nitrogens with zero attached hydrogens (tertiary/aromatic N) is 1. The average molecular weight is 340 g/mol. The van der Waals surface area contributed by atoms with E-state index >= 15 is 0 Å². The largest absolute Gasteiger partial charge is 0.462 e. The monoisotopic (exact) mass is 340 g/mol. The van der Waals surface area contributed by atoms with Crippen LogP contribution in [0.15, 0.2) is 42.5 Å². The Labute approximate surface area is 143 Å². The molecule has 1 amide bonds. The highest BCUT2D eigenvalue weighted by atomic mass is 32.1. The zero-order valence-electron chi connectivity index (χ0n) is 13.3. The lowest BCUT2D eigenvalue weighted by atomic mass is 10.1. The number of carbonyl (C=O) groups excluding carboxylic acids is 2. The van der Waals surface area contributed by atoms with Gasteiger partial charge in [-0.3, -0.25) is 10.1 Å². The van der Waals surface area contributed by atoms with Crippen molar-refractivity contribution in [3.63, 3.8) is 0 Å². The Morgan fingerprint density at radius 3 is 2.75 bits per heavy atom. The molecule has 5 nitrogen and oxygen atoms in total. The van der Waals surface area contributed by atoms with Crippen LogP contribution >= 0.6 is 11.3 Å². The number of aryl methyl sites for hydroxylation is 1. The Bertz CT molecular complexity index is 918. The van der Waals surface area contributed by atoms with Crippen LogP contribution in [-0.4, -0.2) is 23.5 Å². The van der Waals surface area contributed by atoms with Crippen molar-refractivity contribution in [2.45, 2.75) is 13.8 Å². The average Bonchev–Trinajstić information content (AvgIpc) is 2.96. The highest BCUT2D eigenvalue weighted by molar-refractivity contribution is 7.22. The van der Waals surface area contributed by atoms with E-state index in [2.05, 4.69) is 10.3 Å². The quantitative estimate of drug-likeness (QED) is 0.728. The summed E-state index contributed by atoms with van der Waals surface area (Å²) in [6, 6.07) is 12.5. The molecule has 0 spiro atoms. The molecule has 0 aliphatic carbocycles. The summed E-state index contributed by atoms with van der Waals surface area (Å²) < 4.78 is 5.81. The fourth-order valence-corrected chi connectivity index (χ4v) is 3.18. The van der Waals surface area contributed by atoms with E-state index in [-0.39, 0.29) is 11.9 Å². The molecule has 0 saturated heterocycles. The molecule has 0 fully saturated rings. The topological polar surface area (TPSA) is 68.3 Å². The third-order valence-corrected chi connectivity index (χ3v) is 4.33. The molecule has 0 atom stereocenters. The maximum Gasteiger partial charge on any atom is 0.338 e. The number of fused-ring (bicyclic) bond motifs is 1. The van der Waals surface area contributed by atoms with Crippen molar-refractivity contribution in [1.29, 1.82) is 0 Å². The Balaban J connectivity index is 1.83. The molecule has 0 bridgehead atoms. The van der Waals surface area contributed by atoms with E-state index in [9.17, 15) is 9.59 Å². The van der Waals surface area contributed by atoms with Gasteiger partial charge in [0.2, 0.25) is 0 Å². The van der Waals surface area contributed by atoms with Gasteiger partial charge in [-0.25, -0.2) is 9.78 Å².